The van der Waals surface area contributed by atoms with Crippen molar-refractivity contribution in [2.45, 2.75) is 25.8 Å². The Morgan fingerprint density at radius 2 is 2.20 bits per heavy atom. The minimum Gasteiger partial charge on any atom is -0.397 e. The van der Waals surface area contributed by atoms with Gasteiger partial charge in [-0.1, -0.05) is 11.6 Å². The molecule has 1 amide bonds. The Hall–Kier alpha value is -1.30. The average Bonchev–Trinajstić information content (AvgIpc) is 2.66. The molecule has 108 valence electrons. The highest BCUT2D eigenvalue weighted by Gasteiger charge is 2.24. The number of carbonyl (C=O) groups is 1. The zero-order chi connectivity index (χ0) is 14.9. The minimum atomic E-state index is -0.480. The van der Waals surface area contributed by atoms with Crippen molar-refractivity contribution in [2.24, 2.45) is 0 Å². The Labute approximate surface area is 126 Å². The van der Waals surface area contributed by atoms with Gasteiger partial charge in [0, 0.05) is 27.3 Å². The van der Waals surface area contributed by atoms with E-state index in [1.165, 1.54) is 11.3 Å². The number of amides is 1. The molecule has 1 aromatic heterocycles. The quantitative estimate of drug-likeness (QED) is 0.812. The number of nitrogens with one attached hydrogen (secondary N) is 1. The van der Waals surface area contributed by atoms with E-state index in [1.54, 1.807) is 12.1 Å². The number of rotatable bonds is 4. The summed E-state index contributed by atoms with van der Waals surface area (Å²) in [4.78, 5) is 12.8. The van der Waals surface area contributed by atoms with Crippen molar-refractivity contribution in [3.8, 4) is 0 Å². The van der Waals surface area contributed by atoms with Crippen LogP contribution in [0.3, 0.4) is 0 Å². The van der Waals surface area contributed by atoms with Crippen LogP contribution in [-0.4, -0.2) is 23.2 Å². The Kier molecular flexibility index (Phi) is 4.22. The van der Waals surface area contributed by atoms with Crippen LogP contribution >= 0.6 is 22.9 Å². The second kappa shape index (κ2) is 5.60. The monoisotopic (exact) mass is 312 g/mol. The van der Waals surface area contributed by atoms with Crippen LogP contribution in [-0.2, 0) is 0 Å². The van der Waals surface area contributed by atoms with Crippen molar-refractivity contribution in [3.05, 3.63) is 28.1 Å². The molecule has 0 saturated carbocycles. The molecule has 2 aromatic rings. The third-order valence-corrected chi connectivity index (χ3v) is 4.50. The molecule has 0 spiro atoms. The maximum absolute atomic E-state index is 12.3. The smallest absolute Gasteiger partial charge is 0.263 e. The van der Waals surface area contributed by atoms with Crippen LogP contribution in [0.4, 0.5) is 5.69 Å². The fourth-order valence-electron chi connectivity index (χ4n) is 1.96. The Morgan fingerprint density at radius 3 is 2.85 bits per heavy atom. The van der Waals surface area contributed by atoms with Gasteiger partial charge in [-0.25, -0.2) is 0 Å². The molecular weight excluding hydrogens is 296 g/mol. The Morgan fingerprint density at radius 1 is 1.50 bits per heavy atom. The molecule has 1 aromatic carbocycles. The molecular formula is C14H17ClN2O2S. The van der Waals surface area contributed by atoms with E-state index in [4.69, 9.17) is 22.4 Å². The summed E-state index contributed by atoms with van der Waals surface area (Å²) in [6.07, 6.45) is 0.482. The van der Waals surface area contributed by atoms with Crippen molar-refractivity contribution < 1.29 is 9.90 Å². The molecule has 0 aliphatic rings. The van der Waals surface area contributed by atoms with Gasteiger partial charge in [0.2, 0.25) is 0 Å². The summed E-state index contributed by atoms with van der Waals surface area (Å²) >= 11 is 7.29. The first-order valence-electron chi connectivity index (χ1n) is 6.25. The summed E-state index contributed by atoms with van der Waals surface area (Å²) < 4.78 is 0.928. The van der Waals surface area contributed by atoms with Crippen molar-refractivity contribution in [3.63, 3.8) is 0 Å². The molecule has 6 heteroatoms. The van der Waals surface area contributed by atoms with Gasteiger partial charge in [-0.05, 0) is 38.5 Å². The number of anilines is 1. The predicted molar refractivity (Wildman–Crippen MR) is 84.5 cm³/mol. The largest absolute Gasteiger partial charge is 0.397 e. The lowest BCUT2D eigenvalue weighted by molar-refractivity contribution is 0.0904. The molecule has 0 aliphatic carbocycles. The summed E-state index contributed by atoms with van der Waals surface area (Å²) in [6, 6.07) is 5.39. The number of aliphatic hydroxyl groups is 1. The lowest BCUT2D eigenvalue weighted by Crippen LogP contribution is -2.43. The molecule has 0 aliphatic heterocycles. The van der Waals surface area contributed by atoms with Gasteiger partial charge in [-0.3, -0.25) is 4.79 Å². The lowest BCUT2D eigenvalue weighted by Gasteiger charge is -2.25. The second-order valence-corrected chi connectivity index (χ2v) is 6.79. The van der Waals surface area contributed by atoms with E-state index >= 15 is 0 Å². The maximum atomic E-state index is 12.3. The molecule has 1 heterocycles. The standard InChI is InChI=1S/C14H17ClN2O2S/c1-14(2,5-6-18)17-13(19)12-11(16)9-7-8(15)3-4-10(9)20-12/h3-4,7,18H,5-6,16H2,1-2H3,(H,17,19). The number of aliphatic hydroxyl groups excluding tert-OH is 1. The van der Waals surface area contributed by atoms with Gasteiger partial charge in [0.15, 0.2) is 0 Å². The number of halogens is 1. The molecule has 2 rings (SSSR count). The number of carbonyl (C=O) groups excluding carboxylic acids is 1. The van der Waals surface area contributed by atoms with Crippen LogP contribution in [0.1, 0.15) is 29.9 Å². The molecule has 20 heavy (non-hydrogen) atoms. The van der Waals surface area contributed by atoms with Crippen LogP contribution in [0.15, 0.2) is 18.2 Å². The molecule has 0 unspecified atom stereocenters. The van der Waals surface area contributed by atoms with Crippen LogP contribution in [0, 0.1) is 0 Å². The van der Waals surface area contributed by atoms with Gasteiger partial charge in [0.25, 0.3) is 5.91 Å². The number of hydrogen-bond donors (Lipinski definition) is 3. The number of hydrogen-bond acceptors (Lipinski definition) is 4. The molecule has 0 bridgehead atoms. The highest BCUT2D eigenvalue weighted by atomic mass is 35.5. The Balaban J connectivity index is 2.33. The van der Waals surface area contributed by atoms with Crippen molar-refractivity contribution in [1.82, 2.24) is 5.32 Å². The minimum absolute atomic E-state index is 0.0186. The van der Waals surface area contributed by atoms with E-state index in [9.17, 15) is 4.79 Å². The topological polar surface area (TPSA) is 75.3 Å². The predicted octanol–water partition coefficient (Wildman–Crippen LogP) is 3.03. The van der Waals surface area contributed by atoms with Gasteiger partial charge in [0.05, 0.1) is 5.69 Å². The summed E-state index contributed by atoms with van der Waals surface area (Å²) in [5.41, 5.74) is 6.01. The van der Waals surface area contributed by atoms with Crippen molar-refractivity contribution in [1.29, 1.82) is 0 Å². The van der Waals surface area contributed by atoms with Gasteiger partial charge < -0.3 is 16.2 Å². The number of nitrogen functional groups attached to an aromatic ring is 1. The molecule has 0 fully saturated rings. The van der Waals surface area contributed by atoms with Gasteiger partial charge in [0.1, 0.15) is 4.88 Å². The summed E-state index contributed by atoms with van der Waals surface area (Å²) in [6.45, 7) is 3.74. The third-order valence-electron chi connectivity index (χ3n) is 3.08. The molecule has 4 N–H and O–H groups in total. The molecule has 0 saturated heterocycles. The maximum Gasteiger partial charge on any atom is 0.263 e. The Bertz CT molecular complexity index is 652. The van der Waals surface area contributed by atoms with Crippen molar-refractivity contribution >= 4 is 44.6 Å². The highest BCUT2D eigenvalue weighted by Crippen LogP contribution is 2.35. The number of thiophene rings is 1. The van der Waals surface area contributed by atoms with Gasteiger partial charge in [-0.15, -0.1) is 11.3 Å². The summed E-state index contributed by atoms with van der Waals surface area (Å²) in [7, 11) is 0. The number of benzene rings is 1. The van der Waals surface area contributed by atoms with Crippen LogP contribution in [0.5, 0.6) is 0 Å². The fourth-order valence-corrected chi connectivity index (χ4v) is 3.13. The average molecular weight is 313 g/mol. The number of fused-ring (bicyclic) bond motifs is 1. The summed E-state index contributed by atoms with van der Waals surface area (Å²) in [5.74, 6) is -0.224. The van der Waals surface area contributed by atoms with Crippen LogP contribution < -0.4 is 11.1 Å². The van der Waals surface area contributed by atoms with E-state index < -0.39 is 5.54 Å². The molecule has 0 atom stereocenters. The SMILES string of the molecule is CC(C)(CCO)NC(=O)c1sc2ccc(Cl)cc2c1N. The first kappa shape index (κ1) is 15.1. The third kappa shape index (κ3) is 3.06. The van der Waals surface area contributed by atoms with E-state index in [0.717, 1.165) is 10.1 Å². The van der Waals surface area contributed by atoms with Crippen molar-refractivity contribution in [2.75, 3.05) is 12.3 Å². The zero-order valence-corrected chi connectivity index (χ0v) is 12.9. The first-order valence-corrected chi connectivity index (χ1v) is 7.44. The van der Waals surface area contributed by atoms with E-state index in [2.05, 4.69) is 5.32 Å². The van der Waals surface area contributed by atoms with E-state index in [-0.39, 0.29) is 12.5 Å². The van der Waals surface area contributed by atoms with E-state index in [0.29, 0.717) is 22.0 Å². The molecule has 0 radical (unpaired) electrons. The lowest BCUT2D eigenvalue weighted by atomic mass is 10.0. The highest BCUT2D eigenvalue weighted by molar-refractivity contribution is 7.21. The summed E-state index contributed by atoms with van der Waals surface area (Å²) in [5, 5.41) is 13.3. The van der Waals surface area contributed by atoms with Crippen LogP contribution in [0.2, 0.25) is 5.02 Å². The fraction of sp³-hybridized carbons (Fsp3) is 0.357. The zero-order valence-electron chi connectivity index (χ0n) is 11.4. The normalized spacial score (nSPS) is 11.8. The first-order chi connectivity index (χ1) is 9.34. The van der Waals surface area contributed by atoms with Crippen LogP contribution in [0.25, 0.3) is 10.1 Å². The number of nitrogens with two attached hydrogens (primary N) is 1. The second-order valence-electron chi connectivity index (χ2n) is 5.30. The molecule has 4 nitrogen and oxygen atoms in total. The van der Waals surface area contributed by atoms with E-state index in [1.807, 2.05) is 19.9 Å². The van der Waals surface area contributed by atoms with Gasteiger partial charge >= 0.3 is 0 Å². The van der Waals surface area contributed by atoms with Gasteiger partial charge in [-0.2, -0.15) is 0 Å².